The first-order valence-electron chi connectivity index (χ1n) is 16.8. The SMILES string of the molecule is CN[C@H]1CNCC[C@H]1C.C[C@@H]1CCN(Cc2ccccc2)C[C@@H]1N(C)C.C[C@@H]1CCNC[C@@H]1N(C)C.O=Cc1ccccc1. The molecule has 0 aliphatic carbocycles. The summed E-state index contributed by atoms with van der Waals surface area (Å²) in [6, 6.07) is 22.0. The van der Waals surface area contributed by atoms with Gasteiger partial charge in [-0.2, -0.15) is 0 Å². The number of nitrogens with one attached hydrogen (secondary N) is 3. The van der Waals surface area contributed by atoms with E-state index in [1.54, 1.807) is 12.1 Å². The molecular weight excluding hydrogens is 544 g/mol. The largest absolute Gasteiger partial charge is 0.315 e. The molecule has 248 valence electrons. The summed E-state index contributed by atoms with van der Waals surface area (Å²) in [6.45, 7) is 15.2. The second kappa shape index (κ2) is 21.6. The Hall–Kier alpha value is -2.13. The van der Waals surface area contributed by atoms with E-state index in [1.807, 2.05) is 25.2 Å². The number of rotatable bonds is 6. The normalized spacial score (nSPS) is 27.1. The first kappa shape index (κ1) is 38.1. The van der Waals surface area contributed by atoms with Gasteiger partial charge in [0.2, 0.25) is 0 Å². The number of carbonyl (C=O) groups excluding carboxylic acids is 1. The van der Waals surface area contributed by atoms with Gasteiger partial charge in [-0.3, -0.25) is 9.69 Å². The number of nitrogens with zero attached hydrogens (tertiary/aromatic N) is 3. The van der Waals surface area contributed by atoms with Crippen LogP contribution in [-0.2, 0) is 6.54 Å². The molecule has 0 amide bonds. The quantitative estimate of drug-likeness (QED) is 0.411. The zero-order valence-corrected chi connectivity index (χ0v) is 29.1. The van der Waals surface area contributed by atoms with Crippen LogP contribution in [-0.4, -0.2) is 114 Å². The first-order chi connectivity index (χ1) is 21.2. The van der Waals surface area contributed by atoms with E-state index in [4.69, 9.17) is 0 Å². The van der Waals surface area contributed by atoms with Gasteiger partial charge in [-0.15, -0.1) is 0 Å². The number of benzene rings is 2. The third kappa shape index (κ3) is 14.3. The maximum atomic E-state index is 10.0. The smallest absolute Gasteiger partial charge is 0.150 e. The summed E-state index contributed by atoms with van der Waals surface area (Å²) in [5, 5.41) is 10.0. The highest BCUT2D eigenvalue weighted by molar-refractivity contribution is 5.74. The molecule has 0 aromatic heterocycles. The molecule has 44 heavy (non-hydrogen) atoms. The van der Waals surface area contributed by atoms with Crippen LogP contribution in [0.3, 0.4) is 0 Å². The van der Waals surface area contributed by atoms with Gasteiger partial charge < -0.3 is 25.8 Å². The second-order valence-electron chi connectivity index (χ2n) is 13.4. The summed E-state index contributed by atoms with van der Waals surface area (Å²) in [7, 11) is 10.8. The molecule has 2 aromatic rings. The Kier molecular flexibility index (Phi) is 18.7. The number of piperidine rings is 3. The summed E-state index contributed by atoms with van der Waals surface area (Å²) in [6.07, 6.45) is 4.78. The highest BCUT2D eigenvalue weighted by Crippen LogP contribution is 2.22. The number of likely N-dealkylation sites (tertiary alicyclic amines) is 1. The van der Waals surface area contributed by atoms with Crippen molar-refractivity contribution in [1.29, 1.82) is 0 Å². The number of aldehydes is 1. The lowest BCUT2D eigenvalue weighted by Crippen LogP contribution is -2.49. The van der Waals surface area contributed by atoms with Crippen LogP contribution in [0, 0.1) is 17.8 Å². The lowest BCUT2D eigenvalue weighted by atomic mass is 9.92. The van der Waals surface area contributed by atoms with Crippen LogP contribution >= 0.6 is 0 Å². The average Bonchev–Trinajstić information content (AvgIpc) is 3.04. The van der Waals surface area contributed by atoms with Gasteiger partial charge in [0.05, 0.1) is 0 Å². The topological polar surface area (TPSA) is 62.9 Å². The minimum atomic E-state index is 0.693. The average molecular weight is 609 g/mol. The highest BCUT2D eigenvalue weighted by atomic mass is 16.1. The van der Waals surface area contributed by atoms with Crippen LogP contribution in [0.15, 0.2) is 60.7 Å². The van der Waals surface area contributed by atoms with Crippen LogP contribution in [0.25, 0.3) is 0 Å². The van der Waals surface area contributed by atoms with Crippen LogP contribution in [0.4, 0.5) is 0 Å². The molecule has 0 spiro atoms. The molecule has 0 bridgehead atoms. The van der Waals surface area contributed by atoms with Crippen molar-refractivity contribution in [2.75, 3.05) is 74.5 Å². The third-order valence-electron chi connectivity index (χ3n) is 9.50. The van der Waals surface area contributed by atoms with Gasteiger partial charge in [0.1, 0.15) is 6.29 Å². The molecule has 6 atom stereocenters. The molecule has 3 fully saturated rings. The summed E-state index contributed by atoms with van der Waals surface area (Å²) in [5.74, 6) is 2.52. The lowest BCUT2D eigenvalue weighted by Gasteiger charge is -2.40. The van der Waals surface area contributed by atoms with E-state index in [9.17, 15) is 4.79 Å². The molecule has 3 saturated heterocycles. The molecule has 2 aromatic carbocycles. The highest BCUT2D eigenvalue weighted by Gasteiger charge is 2.27. The lowest BCUT2D eigenvalue weighted by molar-refractivity contribution is 0.0857. The van der Waals surface area contributed by atoms with Gasteiger partial charge >= 0.3 is 0 Å². The molecule has 3 aliphatic rings. The second-order valence-corrected chi connectivity index (χ2v) is 13.4. The summed E-state index contributed by atoms with van der Waals surface area (Å²) in [5.41, 5.74) is 2.16. The van der Waals surface area contributed by atoms with E-state index < -0.39 is 0 Å². The van der Waals surface area contributed by atoms with E-state index in [1.165, 1.54) is 51.0 Å². The van der Waals surface area contributed by atoms with Crippen molar-refractivity contribution in [3.63, 3.8) is 0 Å². The summed E-state index contributed by atoms with van der Waals surface area (Å²) >= 11 is 0. The standard InChI is InChI=1S/C15H24N2.C8H18N2.C7H16N2.C7H6O/c1-13-9-10-17(12-15(13)16(2)3)11-14-7-5-4-6-8-14;1-7-4-5-9-6-8(7)10(2)3;1-6-3-4-9-5-7(6)8-2;8-6-7-4-2-1-3-5-7/h4-8,13,15H,9-12H2,1-3H3;7-9H,4-6H2,1-3H3;6-9H,3-5H2,1-2H3;1-6H/t13-,15+;7-,8+;6-,7+;/m111./s1. The van der Waals surface area contributed by atoms with Crippen LogP contribution < -0.4 is 16.0 Å². The molecular formula is C37H64N6O. The van der Waals surface area contributed by atoms with Crippen molar-refractivity contribution in [2.45, 2.75) is 64.7 Å². The van der Waals surface area contributed by atoms with Gasteiger partial charge in [0.15, 0.2) is 0 Å². The van der Waals surface area contributed by atoms with Crippen molar-refractivity contribution in [2.24, 2.45) is 17.8 Å². The molecule has 0 radical (unpaired) electrons. The molecule has 5 rings (SSSR count). The zero-order chi connectivity index (χ0) is 32.3. The predicted molar refractivity (Wildman–Crippen MR) is 188 cm³/mol. The molecule has 0 unspecified atom stereocenters. The fourth-order valence-corrected chi connectivity index (χ4v) is 6.34. The van der Waals surface area contributed by atoms with E-state index in [0.29, 0.717) is 12.1 Å². The van der Waals surface area contributed by atoms with E-state index in [-0.39, 0.29) is 0 Å². The fourth-order valence-electron chi connectivity index (χ4n) is 6.34. The first-order valence-corrected chi connectivity index (χ1v) is 16.8. The summed E-state index contributed by atoms with van der Waals surface area (Å²) in [4.78, 5) is 17.3. The third-order valence-corrected chi connectivity index (χ3v) is 9.50. The van der Waals surface area contributed by atoms with Crippen molar-refractivity contribution in [3.8, 4) is 0 Å². The van der Waals surface area contributed by atoms with Crippen LogP contribution in [0.5, 0.6) is 0 Å². The number of carbonyl (C=O) groups is 1. The van der Waals surface area contributed by atoms with Crippen molar-refractivity contribution >= 4 is 6.29 Å². The Balaban J connectivity index is 0.000000216. The zero-order valence-electron chi connectivity index (χ0n) is 29.1. The van der Waals surface area contributed by atoms with Crippen molar-refractivity contribution in [3.05, 3.63) is 71.8 Å². The molecule has 7 nitrogen and oxygen atoms in total. The molecule has 0 saturated carbocycles. The minimum absolute atomic E-state index is 0.693. The van der Waals surface area contributed by atoms with Gasteiger partial charge in [-0.25, -0.2) is 0 Å². The maximum Gasteiger partial charge on any atom is 0.150 e. The Bertz CT molecular complexity index is 988. The molecule has 3 aliphatic heterocycles. The van der Waals surface area contributed by atoms with Crippen molar-refractivity contribution < 1.29 is 4.79 Å². The van der Waals surface area contributed by atoms with E-state index in [2.05, 4.69) is 110 Å². The number of hydrogen-bond donors (Lipinski definition) is 3. The van der Waals surface area contributed by atoms with Crippen LogP contribution in [0.2, 0.25) is 0 Å². The van der Waals surface area contributed by atoms with E-state index >= 15 is 0 Å². The number of likely N-dealkylation sites (N-methyl/N-ethyl adjacent to an activating group) is 3. The van der Waals surface area contributed by atoms with Crippen LogP contribution in [0.1, 0.15) is 56.0 Å². The molecule has 3 N–H and O–H groups in total. The molecule has 7 heteroatoms. The van der Waals surface area contributed by atoms with Gasteiger partial charge in [0.25, 0.3) is 0 Å². The van der Waals surface area contributed by atoms with Crippen molar-refractivity contribution in [1.82, 2.24) is 30.7 Å². The minimum Gasteiger partial charge on any atom is -0.315 e. The Labute approximate surface area is 270 Å². The van der Waals surface area contributed by atoms with E-state index in [0.717, 1.165) is 55.3 Å². The van der Waals surface area contributed by atoms with Gasteiger partial charge in [-0.05, 0) is 97.5 Å². The fraction of sp³-hybridized carbons (Fsp3) is 0.649. The summed E-state index contributed by atoms with van der Waals surface area (Å²) < 4.78 is 0. The predicted octanol–water partition coefficient (Wildman–Crippen LogP) is 4.71. The Morgan fingerprint density at radius 2 is 1.32 bits per heavy atom. The Morgan fingerprint density at radius 1 is 0.773 bits per heavy atom. The van der Waals surface area contributed by atoms with Gasteiger partial charge in [0, 0.05) is 49.9 Å². The molecule has 3 heterocycles. The number of hydrogen-bond acceptors (Lipinski definition) is 7. The monoisotopic (exact) mass is 609 g/mol. The van der Waals surface area contributed by atoms with Gasteiger partial charge in [-0.1, -0.05) is 81.4 Å². The Morgan fingerprint density at radius 3 is 1.77 bits per heavy atom. The maximum absolute atomic E-state index is 10.0.